The van der Waals surface area contributed by atoms with E-state index in [2.05, 4.69) is 5.32 Å². The molecule has 0 aromatic heterocycles. The standard InChI is InChI=1S/C12H21F3N2O3/c1-10(2,3)20-9(19)17-7-11(4,5)6-16-8(18)12(13,14)15/h6-7H2,1-5H3,(H,16,18)(H,17,19). The van der Waals surface area contributed by atoms with Crippen LogP contribution in [0.1, 0.15) is 34.6 Å². The molecule has 5 nitrogen and oxygen atoms in total. The van der Waals surface area contributed by atoms with Crippen molar-refractivity contribution in [3.63, 3.8) is 0 Å². The molecule has 0 saturated heterocycles. The number of ether oxygens (including phenoxy) is 1. The summed E-state index contributed by atoms with van der Waals surface area (Å²) in [5.74, 6) is -2.00. The highest BCUT2D eigenvalue weighted by Crippen LogP contribution is 2.17. The number of rotatable bonds is 4. The van der Waals surface area contributed by atoms with E-state index in [1.54, 1.807) is 39.9 Å². The van der Waals surface area contributed by atoms with Gasteiger partial charge in [0.1, 0.15) is 5.60 Å². The van der Waals surface area contributed by atoms with Crippen molar-refractivity contribution in [2.24, 2.45) is 5.41 Å². The van der Waals surface area contributed by atoms with E-state index in [0.29, 0.717) is 0 Å². The van der Waals surface area contributed by atoms with E-state index in [4.69, 9.17) is 4.74 Å². The largest absolute Gasteiger partial charge is 0.471 e. The minimum Gasteiger partial charge on any atom is -0.444 e. The van der Waals surface area contributed by atoms with Crippen LogP contribution in [0.25, 0.3) is 0 Å². The van der Waals surface area contributed by atoms with E-state index >= 15 is 0 Å². The maximum Gasteiger partial charge on any atom is 0.471 e. The van der Waals surface area contributed by atoms with Crippen LogP contribution in [0, 0.1) is 5.41 Å². The third-order valence-corrected chi connectivity index (χ3v) is 2.10. The summed E-state index contributed by atoms with van der Waals surface area (Å²) in [6.45, 7) is 8.16. The number of hydrogen-bond donors (Lipinski definition) is 2. The smallest absolute Gasteiger partial charge is 0.444 e. The van der Waals surface area contributed by atoms with E-state index in [9.17, 15) is 22.8 Å². The van der Waals surface area contributed by atoms with Crippen molar-refractivity contribution >= 4 is 12.0 Å². The third-order valence-electron chi connectivity index (χ3n) is 2.10. The Balaban J connectivity index is 4.20. The fraction of sp³-hybridized carbons (Fsp3) is 0.833. The van der Waals surface area contributed by atoms with Crippen LogP contribution in [0.4, 0.5) is 18.0 Å². The Morgan fingerprint density at radius 3 is 1.80 bits per heavy atom. The molecule has 0 aliphatic carbocycles. The van der Waals surface area contributed by atoms with E-state index in [0.717, 1.165) is 0 Å². The molecule has 0 aromatic carbocycles. The summed E-state index contributed by atoms with van der Waals surface area (Å²) in [5.41, 5.74) is -1.39. The highest BCUT2D eigenvalue weighted by Gasteiger charge is 2.39. The van der Waals surface area contributed by atoms with E-state index < -0.39 is 29.2 Å². The van der Waals surface area contributed by atoms with Crippen LogP contribution in [0.5, 0.6) is 0 Å². The first kappa shape index (κ1) is 18.5. The predicted molar refractivity (Wildman–Crippen MR) is 67.1 cm³/mol. The van der Waals surface area contributed by atoms with Gasteiger partial charge >= 0.3 is 18.2 Å². The Hall–Kier alpha value is -1.47. The predicted octanol–water partition coefficient (Wildman–Crippen LogP) is 2.22. The molecular weight excluding hydrogens is 277 g/mol. The van der Waals surface area contributed by atoms with Crippen molar-refractivity contribution in [1.82, 2.24) is 10.6 Å². The van der Waals surface area contributed by atoms with Gasteiger partial charge in [0.05, 0.1) is 0 Å². The van der Waals surface area contributed by atoms with Crippen molar-refractivity contribution in [2.45, 2.75) is 46.4 Å². The Bertz CT molecular complexity index is 360. The fourth-order valence-corrected chi connectivity index (χ4v) is 1.11. The van der Waals surface area contributed by atoms with Crippen molar-refractivity contribution < 1.29 is 27.5 Å². The number of carbonyl (C=O) groups excluding carboxylic acids is 2. The molecule has 8 heteroatoms. The van der Waals surface area contributed by atoms with Gasteiger partial charge in [-0.05, 0) is 26.2 Å². The molecule has 0 saturated carbocycles. The molecule has 0 unspecified atom stereocenters. The van der Waals surface area contributed by atoms with Crippen molar-refractivity contribution in [1.29, 1.82) is 0 Å². The summed E-state index contributed by atoms with van der Waals surface area (Å²) < 4.78 is 41.1. The number of nitrogens with one attached hydrogen (secondary N) is 2. The SMILES string of the molecule is CC(C)(CNC(=O)OC(C)(C)C)CNC(=O)C(F)(F)F. The van der Waals surface area contributed by atoms with E-state index in [1.807, 2.05) is 0 Å². The van der Waals surface area contributed by atoms with Gasteiger partial charge in [0, 0.05) is 13.1 Å². The van der Waals surface area contributed by atoms with Crippen LogP contribution in [0.2, 0.25) is 0 Å². The van der Waals surface area contributed by atoms with Gasteiger partial charge in [0.2, 0.25) is 0 Å². The molecular formula is C12H21F3N2O3. The zero-order valence-electron chi connectivity index (χ0n) is 12.3. The Morgan fingerprint density at radius 1 is 0.950 bits per heavy atom. The number of hydrogen-bond acceptors (Lipinski definition) is 3. The molecule has 0 spiro atoms. The first-order valence-corrected chi connectivity index (χ1v) is 6.05. The quantitative estimate of drug-likeness (QED) is 0.836. The average molecular weight is 298 g/mol. The molecule has 0 fully saturated rings. The maximum absolute atomic E-state index is 12.0. The Labute approximate surface area is 116 Å². The van der Waals surface area contributed by atoms with E-state index in [1.165, 1.54) is 0 Å². The Morgan fingerprint density at radius 2 is 1.40 bits per heavy atom. The van der Waals surface area contributed by atoms with Gasteiger partial charge in [-0.15, -0.1) is 0 Å². The zero-order valence-corrected chi connectivity index (χ0v) is 12.3. The number of halogens is 3. The molecule has 0 radical (unpaired) electrons. The highest BCUT2D eigenvalue weighted by molar-refractivity contribution is 5.81. The summed E-state index contributed by atoms with van der Waals surface area (Å²) in [6, 6.07) is 0. The second kappa shape index (κ2) is 6.32. The number of amides is 2. The summed E-state index contributed by atoms with van der Waals surface area (Å²) in [4.78, 5) is 22.1. The van der Waals surface area contributed by atoms with E-state index in [-0.39, 0.29) is 13.1 Å². The van der Waals surface area contributed by atoms with Crippen molar-refractivity contribution in [3.05, 3.63) is 0 Å². The zero-order chi connectivity index (χ0) is 16.2. The normalized spacial score (nSPS) is 12.8. The highest BCUT2D eigenvalue weighted by atomic mass is 19.4. The lowest BCUT2D eigenvalue weighted by atomic mass is 9.93. The van der Waals surface area contributed by atoms with Crippen molar-refractivity contribution in [3.8, 4) is 0 Å². The molecule has 20 heavy (non-hydrogen) atoms. The number of alkyl halides is 3. The minimum atomic E-state index is -4.91. The molecule has 0 aromatic rings. The summed E-state index contributed by atoms with van der Waals surface area (Å²) in [6.07, 6.45) is -5.57. The second-order valence-electron chi connectivity index (χ2n) is 6.20. The maximum atomic E-state index is 12.0. The van der Waals surface area contributed by atoms with Gasteiger partial charge in [0.15, 0.2) is 0 Å². The topological polar surface area (TPSA) is 67.4 Å². The number of carbonyl (C=O) groups is 2. The minimum absolute atomic E-state index is 0.0695. The number of alkyl carbamates (subject to hydrolysis) is 1. The second-order valence-corrected chi connectivity index (χ2v) is 6.20. The molecule has 0 aliphatic rings. The molecule has 0 bridgehead atoms. The lowest BCUT2D eigenvalue weighted by Gasteiger charge is -2.27. The molecule has 2 N–H and O–H groups in total. The van der Waals surface area contributed by atoms with Crippen LogP contribution < -0.4 is 10.6 Å². The average Bonchev–Trinajstić information content (AvgIpc) is 2.19. The van der Waals surface area contributed by atoms with Gasteiger partial charge in [0.25, 0.3) is 0 Å². The molecule has 2 amide bonds. The van der Waals surface area contributed by atoms with Crippen LogP contribution in [0.15, 0.2) is 0 Å². The molecule has 0 heterocycles. The molecule has 118 valence electrons. The first-order chi connectivity index (χ1) is 8.73. The summed E-state index contributed by atoms with van der Waals surface area (Å²) >= 11 is 0. The van der Waals surface area contributed by atoms with Crippen LogP contribution in [-0.2, 0) is 9.53 Å². The molecule has 0 rings (SSSR count). The van der Waals surface area contributed by atoms with Gasteiger partial charge in [-0.2, -0.15) is 13.2 Å². The fourth-order valence-electron chi connectivity index (χ4n) is 1.11. The lowest BCUT2D eigenvalue weighted by Crippen LogP contribution is -2.46. The lowest BCUT2D eigenvalue weighted by molar-refractivity contribution is -0.174. The van der Waals surface area contributed by atoms with Crippen LogP contribution >= 0.6 is 0 Å². The summed E-state index contributed by atoms with van der Waals surface area (Å²) in [7, 11) is 0. The van der Waals surface area contributed by atoms with Crippen LogP contribution in [-0.4, -0.2) is 36.9 Å². The Kier molecular flexibility index (Phi) is 5.86. The van der Waals surface area contributed by atoms with Gasteiger partial charge in [-0.1, -0.05) is 13.8 Å². The third kappa shape index (κ3) is 8.60. The monoisotopic (exact) mass is 298 g/mol. The first-order valence-electron chi connectivity index (χ1n) is 6.05. The van der Waals surface area contributed by atoms with Gasteiger partial charge in [-0.25, -0.2) is 4.79 Å². The van der Waals surface area contributed by atoms with Gasteiger partial charge < -0.3 is 15.4 Å². The van der Waals surface area contributed by atoms with Crippen molar-refractivity contribution in [2.75, 3.05) is 13.1 Å². The molecule has 0 aliphatic heterocycles. The molecule has 0 atom stereocenters. The summed E-state index contributed by atoms with van der Waals surface area (Å²) in [5, 5.41) is 4.23. The van der Waals surface area contributed by atoms with Gasteiger partial charge in [-0.3, -0.25) is 4.79 Å². The van der Waals surface area contributed by atoms with Crippen LogP contribution in [0.3, 0.4) is 0 Å².